The predicted octanol–water partition coefficient (Wildman–Crippen LogP) is 5.08. The highest BCUT2D eigenvalue weighted by Gasteiger charge is 2.31. The Labute approximate surface area is 119 Å². The highest BCUT2D eigenvalue weighted by atomic mass is 19.2. The molecule has 2 aromatic rings. The molecule has 0 aromatic heterocycles. The van der Waals surface area contributed by atoms with Crippen LogP contribution in [0.25, 0.3) is 11.1 Å². The minimum absolute atomic E-state index is 0.486. The van der Waals surface area contributed by atoms with Crippen molar-refractivity contribution in [2.45, 2.75) is 13.8 Å². The van der Waals surface area contributed by atoms with E-state index in [0.29, 0.717) is 0 Å². The molecule has 0 saturated carbocycles. The van der Waals surface area contributed by atoms with Gasteiger partial charge in [0.1, 0.15) is 0 Å². The average molecular weight is 326 g/mol. The molecule has 2 rings (SSSR count). The van der Waals surface area contributed by atoms with Gasteiger partial charge in [-0.25, -0.2) is 35.1 Å². The van der Waals surface area contributed by atoms with Gasteiger partial charge in [-0.15, -0.1) is 0 Å². The molecule has 0 heterocycles. The molecule has 0 aliphatic rings. The number of hydrogen-bond donors (Lipinski definition) is 0. The van der Waals surface area contributed by atoms with Gasteiger partial charge >= 0.3 is 0 Å². The molecule has 0 amide bonds. The lowest BCUT2D eigenvalue weighted by molar-refractivity contribution is 0.380. The summed E-state index contributed by atoms with van der Waals surface area (Å²) in [6, 6.07) is 0. The lowest BCUT2D eigenvalue weighted by Crippen LogP contribution is -2.09. The zero-order chi connectivity index (χ0) is 16.9. The summed E-state index contributed by atoms with van der Waals surface area (Å²) >= 11 is 0. The highest BCUT2D eigenvalue weighted by Crippen LogP contribution is 2.37. The van der Waals surface area contributed by atoms with Crippen LogP contribution in [0.5, 0.6) is 0 Å². The third-order valence-electron chi connectivity index (χ3n) is 3.33. The van der Waals surface area contributed by atoms with E-state index >= 15 is 0 Å². The van der Waals surface area contributed by atoms with Crippen molar-refractivity contribution in [3.05, 3.63) is 57.7 Å². The van der Waals surface area contributed by atoms with Crippen LogP contribution in [0, 0.1) is 60.4 Å². The number of benzene rings is 2. The van der Waals surface area contributed by atoms with Crippen molar-refractivity contribution in [2.24, 2.45) is 0 Å². The number of rotatable bonds is 1. The molecule has 118 valence electrons. The van der Waals surface area contributed by atoms with E-state index in [-0.39, 0.29) is 0 Å². The minimum atomic E-state index is -2.43. The number of hydrogen-bond acceptors (Lipinski definition) is 0. The Hall–Kier alpha value is -2.12. The van der Waals surface area contributed by atoms with Gasteiger partial charge in [0.25, 0.3) is 0 Å². The monoisotopic (exact) mass is 326 g/mol. The van der Waals surface area contributed by atoms with Crippen LogP contribution in [0.15, 0.2) is 0 Å². The van der Waals surface area contributed by atoms with E-state index in [4.69, 9.17) is 0 Å². The molecule has 0 saturated heterocycles. The van der Waals surface area contributed by atoms with Crippen molar-refractivity contribution in [1.82, 2.24) is 0 Å². The largest absolute Gasteiger partial charge is 0.203 e. The molecule has 2 aromatic carbocycles. The van der Waals surface area contributed by atoms with Gasteiger partial charge in [-0.2, -0.15) is 0 Å². The van der Waals surface area contributed by atoms with Crippen LogP contribution in [0.2, 0.25) is 0 Å². The Balaban J connectivity index is 3.03. The smallest absolute Gasteiger partial charge is 0.200 e. The molecule has 0 N–H and O–H groups in total. The fourth-order valence-electron chi connectivity index (χ4n) is 2.01. The van der Waals surface area contributed by atoms with Gasteiger partial charge in [0, 0.05) is 5.56 Å². The maximum Gasteiger partial charge on any atom is 0.200 e. The molecule has 8 heteroatoms. The Bertz CT molecular complexity index is 669. The SMILES string of the molecule is Cc1c(C)c(-c2c(F)c(F)c(F)c(F)c2F)c(F)c(F)c1F. The second-order valence-corrected chi connectivity index (χ2v) is 4.51. The first-order valence-electron chi connectivity index (χ1n) is 5.76. The molecule has 0 nitrogen and oxygen atoms in total. The van der Waals surface area contributed by atoms with E-state index in [1.54, 1.807) is 0 Å². The molecule has 0 aliphatic heterocycles. The van der Waals surface area contributed by atoms with E-state index in [1.807, 2.05) is 0 Å². The van der Waals surface area contributed by atoms with Gasteiger partial charge in [0.2, 0.25) is 5.82 Å². The van der Waals surface area contributed by atoms with Crippen molar-refractivity contribution in [3.8, 4) is 11.1 Å². The molecule has 0 spiro atoms. The van der Waals surface area contributed by atoms with Crippen LogP contribution in [0.1, 0.15) is 11.1 Å². The Kier molecular flexibility index (Phi) is 3.88. The van der Waals surface area contributed by atoms with E-state index in [1.165, 1.54) is 0 Å². The molecule has 0 atom stereocenters. The van der Waals surface area contributed by atoms with Crippen LogP contribution in [-0.2, 0) is 0 Å². The average Bonchev–Trinajstić information content (AvgIpc) is 2.50. The van der Waals surface area contributed by atoms with Crippen LogP contribution >= 0.6 is 0 Å². The second-order valence-electron chi connectivity index (χ2n) is 4.51. The van der Waals surface area contributed by atoms with Crippen molar-refractivity contribution < 1.29 is 35.1 Å². The van der Waals surface area contributed by atoms with Gasteiger partial charge in [-0.1, -0.05) is 0 Å². The lowest BCUT2D eigenvalue weighted by Gasteiger charge is -2.15. The lowest BCUT2D eigenvalue weighted by atomic mass is 9.94. The highest BCUT2D eigenvalue weighted by molar-refractivity contribution is 5.71. The summed E-state index contributed by atoms with van der Waals surface area (Å²) in [7, 11) is 0. The first-order chi connectivity index (χ1) is 10.1. The molecule has 0 fully saturated rings. The van der Waals surface area contributed by atoms with Gasteiger partial charge in [0.15, 0.2) is 40.7 Å². The van der Waals surface area contributed by atoms with Gasteiger partial charge < -0.3 is 0 Å². The zero-order valence-electron chi connectivity index (χ0n) is 11.0. The third kappa shape index (κ3) is 2.05. The van der Waals surface area contributed by atoms with E-state index in [2.05, 4.69) is 0 Å². The van der Waals surface area contributed by atoms with Crippen molar-refractivity contribution >= 4 is 0 Å². The fourth-order valence-corrected chi connectivity index (χ4v) is 2.01. The van der Waals surface area contributed by atoms with Crippen molar-refractivity contribution in [2.75, 3.05) is 0 Å². The summed E-state index contributed by atoms with van der Waals surface area (Å²) in [4.78, 5) is 0. The van der Waals surface area contributed by atoms with E-state index in [0.717, 1.165) is 13.8 Å². The Morgan fingerprint density at radius 3 is 1.14 bits per heavy atom. The molecular formula is C14H6F8. The van der Waals surface area contributed by atoms with Crippen LogP contribution in [-0.4, -0.2) is 0 Å². The molecule has 0 radical (unpaired) electrons. The summed E-state index contributed by atoms with van der Waals surface area (Å²) in [6.45, 7) is 1.94. The van der Waals surface area contributed by atoms with Crippen molar-refractivity contribution in [1.29, 1.82) is 0 Å². The number of halogens is 8. The quantitative estimate of drug-likeness (QED) is 0.389. The fraction of sp³-hybridized carbons (Fsp3) is 0.143. The van der Waals surface area contributed by atoms with Gasteiger partial charge in [-0.3, -0.25) is 0 Å². The summed E-state index contributed by atoms with van der Waals surface area (Å²) in [6.07, 6.45) is 0. The molecule has 0 unspecified atom stereocenters. The summed E-state index contributed by atoms with van der Waals surface area (Å²) in [5, 5.41) is 0. The standard InChI is InChI=1S/C14H6F8/c1-3-4(2)7(15)11(19)8(16)5(3)6-9(17)12(20)14(22)13(21)10(6)18/h1-2H3. The minimum Gasteiger partial charge on any atom is -0.203 e. The maximum absolute atomic E-state index is 13.8. The van der Waals surface area contributed by atoms with Crippen LogP contribution in [0.3, 0.4) is 0 Å². The van der Waals surface area contributed by atoms with Crippen molar-refractivity contribution in [3.63, 3.8) is 0 Å². The molecule has 0 bridgehead atoms. The summed E-state index contributed by atoms with van der Waals surface area (Å²) in [5.74, 6) is -17.4. The van der Waals surface area contributed by atoms with Gasteiger partial charge in [-0.05, 0) is 25.0 Å². The van der Waals surface area contributed by atoms with E-state index in [9.17, 15) is 35.1 Å². The molecule has 0 aliphatic carbocycles. The van der Waals surface area contributed by atoms with Crippen LogP contribution in [0.4, 0.5) is 35.1 Å². The topological polar surface area (TPSA) is 0 Å². The summed E-state index contributed by atoms with van der Waals surface area (Å²) in [5.41, 5.74) is -3.87. The first-order valence-corrected chi connectivity index (χ1v) is 5.76. The molecular weight excluding hydrogens is 320 g/mol. The second kappa shape index (κ2) is 5.26. The maximum atomic E-state index is 13.8. The normalized spacial score (nSPS) is 11.2. The van der Waals surface area contributed by atoms with Crippen LogP contribution < -0.4 is 0 Å². The molecule has 22 heavy (non-hydrogen) atoms. The first kappa shape index (κ1) is 16.3. The Morgan fingerprint density at radius 1 is 0.364 bits per heavy atom. The van der Waals surface area contributed by atoms with E-state index < -0.39 is 68.8 Å². The summed E-state index contributed by atoms with van der Waals surface area (Å²) < 4.78 is 107. The predicted molar refractivity (Wildman–Crippen MR) is 61.0 cm³/mol. The third-order valence-corrected chi connectivity index (χ3v) is 3.33. The Morgan fingerprint density at radius 2 is 0.682 bits per heavy atom. The zero-order valence-corrected chi connectivity index (χ0v) is 11.0. The van der Waals surface area contributed by atoms with Gasteiger partial charge in [0.05, 0.1) is 5.56 Å².